The molecule has 3 rings (SSSR count). The van der Waals surface area contributed by atoms with Crippen molar-refractivity contribution >= 4 is 27.1 Å². The molecule has 29 heavy (non-hydrogen) atoms. The van der Waals surface area contributed by atoms with Gasteiger partial charge in [-0.25, -0.2) is 8.42 Å². The Hall–Kier alpha value is -3.66. The smallest absolute Gasteiger partial charge is 0.296 e. The van der Waals surface area contributed by atoms with E-state index in [1.165, 1.54) is 36.4 Å². The number of hydrogen-bond donors (Lipinski definition) is 1. The second kappa shape index (κ2) is 8.15. The van der Waals surface area contributed by atoms with Gasteiger partial charge in [0.1, 0.15) is 11.4 Å². The zero-order valence-electron chi connectivity index (χ0n) is 15.2. The molecule has 0 fully saturated rings. The van der Waals surface area contributed by atoms with Gasteiger partial charge in [-0.15, -0.1) is 0 Å². The fourth-order valence-electron chi connectivity index (χ4n) is 2.51. The zero-order chi connectivity index (χ0) is 21.0. The molecule has 1 N–H and O–H groups in total. The molecule has 1 amide bonds. The van der Waals surface area contributed by atoms with Crippen molar-refractivity contribution in [3.63, 3.8) is 0 Å². The summed E-state index contributed by atoms with van der Waals surface area (Å²) in [5, 5.41) is 13.2. The van der Waals surface area contributed by atoms with Crippen molar-refractivity contribution in [1.82, 2.24) is 0 Å². The molecule has 0 unspecified atom stereocenters. The number of anilines is 1. The highest BCUT2D eigenvalue weighted by Crippen LogP contribution is 2.30. The number of nitrogens with one attached hydrogen (secondary N) is 1. The summed E-state index contributed by atoms with van der Waals surface area (Å²) in [6, 6.07) is 13.9. The number of amides is 1. The van der Waals surface area contributed by atoms with Crippen molar-refractivity contribution in [2.75, 3.05) is 11.9 Å². The quantitative estimate of drug-likeness (QED) is 0.459. The third kappa shape index (κ3) is 4.27. The summed E-state index contributed by atoms with van der Waals surface area (Å²) in [5.41, 5.74) is -0.444. The van der Waals surface area contributed by atoms with Gasteiger partial charge in [-0.2, -0.15) is 0 Å². The molecule has 0 radical (unpaired) electrons. The molecule has 0 spiro atoms. The van der Waals surface area contributed by atoms with Crippen LogP contribution in [0.3, 0.4) is 0 Å². The van der Waals surface area contributed by atoms with Crippen LogP contribution in [0.1, 0.15) is 17.5 Å². The van der Waals surface area contributed by atoms with Gasteiger partial charge >= 0.3 is 0 Å². The lowest BCUT2D eigenvalue weighted by molar-refractivity contribution is -0.384. The number of rotatable bonds is 7. The molecule has 0 saturated carbocycles. The van der Waals surface area contributed by atoms with E-state index in [9.17, 15) is 23.3 Å². The monoisotopic (exact) mass is 416 g/mol. The van der Waals surface area contributed by atoms with E-state index in [2.05, 4.69) is 5.32 Å². The number of carbonyl (C=O) groups is 1. The van der Waals surface area contributed by atoms with Crippen molar-refractivity contribution in [1.29, 1.82) is 0 Å². The lowest BCUT2D eigenvalue weighted by Gasteiger charge is -2.07. The maximum atomic E-state index is 12.5. The van der Waals surface area contributed by atoms with Crippen LogP contribution in [0.5, 0.6) is 5.75 Å². The predicted molar refractivity (Wildman–Crippen MR) is 103 cm³/mol. The van der Waals surface area contributed by atoms with E-state index >= 15 is 0 Å². The van der Waals surface area contributed by atoms with Crippen LogP contribution < -0.4 is 10.1 Å². The summed E-state index contributed by atoms with van der Waals surface area (Å²) in [4.78, 5) is 23.1. The maximum absolute atomic E-state index is 12.5. The first-order valence-electron chi connectivity index (χ1n) is 8.45. The summed E-state index contributed by atoms with van der Waals surface area (Å²) in [6.45, 7) is 2.06. The Morgan fingerprint density at radius 1 is 1.14 bits per heavy atom. The molecule has 0 aliphatic carbocycles. The third-order valence-electron chi connectivity index (χ3n) is 3.85. The lowest BCUT2D eigenvalue weighted by Crippen LogP contribution is -2.12. The van der Waals surface area contributed by atoms with Crippen LogP contribution in [0.4, 0.5) is 11.4 Å². The fraction of sp³-hybridized carbons (Fsp3) is 0.105. The van der Waals surface area contributed by atoms with Crippen LogP contribution in [0.25, 0.3) is 0 Å². The average Bonchev–Trinajstić information content (AvgIpc) is 3.21. The number of ether oxygens (including phenoxy) is 1. The molecule has 0 aliphatic rings. The van der Waals surface area contributed by atoms with Gasteiger partial charge < -0.3 is 14.5 Å². The van der Waals surface area contributed by atoms with E-state index < -0.39 is 25.8 Å². The third-order valence-corrected chi connectivity index (χ3v) is 5.49. The summed E-state index contributed by atoms with van der Waals surface area (Å²) < 4.78 is 35.5. The number of furan rings is 1. The predicted octanol–water partition coefficient (Wildman–Crippen LogP) is 3.67. The van der Waals surface area contributed by atoms with Gasteiger partial charge in [-0.05, 0) is 43.3 Å². The van der Waals surface area contributed by atoms with Crippen LogP contribution in [-0.4, -0.2) is 25.9 Å². The fourth-order valence-corrected chi connectivity index (χ4v) is 3.71. The summed E-state index contributed by atoms with van der Waals surface area (Å²) in [7, 11) is -3.93. The van der Waals surface area contributed by atoms with E-state index in [4.69, 9.17) is 9.15 Å². The van der Waals surface area contributed by atoms with Gasteiger partial charge in [0.15, 0.2) is 5.76 Å². The number of nitro benzene ring substituents is 1. The Kier molecular flexibility index (Phi) is 5.64. The second-order valence-corrected chi connectivity index (χ2v) is 7.64. The molecule has 2 aromatic carbocycles. The van der Waals surface area contributed by atoms with Crippen molar-refractivity contribution in [3.05, 3.63) is 76.5 Å². The number of carbonyl (C=O) groups excluding carboxylic acids is 1. The molecule has 150 valence electrons. The van der Waals surface area contributed by atoms with Crippen LogP contribution in [0.2, 0.25) is 0 Å². The van der Waals surface area contributed by atoms with Crippen molar-refractivity contribution < 1.29 is 27.3 Å². The highest BCUT2D eigenvalue weighted by atomic mass is 32.2. The Balaban J connectivity index is 1.85. The van der Waals surface area contributed by atoms with Crippen molar-refractivity contribution in [2.45, 2.75) is 16.9 Å². The zero-order valence-corrected chi connectivity index (χ0v) is 16.0. The molecule has 10 heteroatoms. The number of benzene rings is 2. The standard InChI is InChI=1S/C19H16N2O7S/c1-2-27-13-8-9-15(16(12-13)21(23)24)20-19(22)17-10-11-18(28-17)29(25,26)14-6-4-3-5-7-14/h3-12H,2H2,1H3,(H,20,22). The first kappa shape index (κ1) is 20.1. The molecular weight excluding hydrogens is 400 g/mol. The highest BCUT2D eigenvalue weighted by Gasteiger charge is 2.24. The Morgan fingerprint density at radius 3 is 2.52 bits per heavy atom. The molecule has 0 bridgehead atoms. The van der Waals surface area contributed by atoms with Gasteiger partial charge in [-0.1, -0.05) is 18.2 Å². The first-order valence-corrected chi connectivity index (χ1v) is 9.94. The van der Waals surface area contributed by atoms with Gasteiger partial charge in [-0.3, -0.25) is 14.9 Å². The van der Waals surface area contributed by atoms with Crippen LogP contribution >= 0.6 is 0 Å². The van der Waals surface area contributed by atoms with Gasteiger partial charge in [0.2, 0.25) is 14.9 Å². The molecule has 0 atom stereocenters. The van der Waals surface area contributed by atoms with E-state index in [1.807, 2.05) is 0 Å². The molecule has 3 aromatic rings. The minimum Gasteiger partial charge on any atom is -0.494 e. The van der Waals surface area contributed by atoms with E-state index in [-0.39, 0.29) is 27.8 Å². The van der Waals surface area contributed by atoms with E-state index in [1.54, 1.807) is 25.1 Å². The van der Waals surface area contributed by atoms with Crippen LogP contribution in [-0.2, 0) is 9.84 Å². The Bertz CT molecular complexity index is 1150. The van der Waals surface area contributed by atoms with E-state index in [0.717, 1.165) is 6.07 Å². The minimum atomic E-state index is -3.93. The molecular formula is C19H16N2O7S. The second-order valence-electron chi connectivity index (χ2n) is 5.76. The number of nitrogens with zero attached hydrogens (tertiary/aromatic N) is 1. The average molecular weight is 416 g/mol. The summed E-state index contributed by atoms with van der Waals surface area (Å²) in [5.74, 6) is -0.846. The van der Waals surface area contributed by atoms with Gasteiger partial charge in [0, 0.05) is 0 Å². The Morgan fingerprint density at radius 2 is 1.86 bits per heavy atom. The largest absolute Gasteiger partial charge is 0.494 e. The SMILES string of the molecule is CCOc1ccc(NC(=O)c2ccc(S(=O)(=O)c3ccccc3)o2)c([N+](=O)[O-])c1. The normalized spacial score (nSPS) is 11.1. The summed E-state index contributed by atoms with van der Waals surface area (Å²) in [6.07, 6.45) is 0. The van der Waals surface area contributed by atoms with E-state index in [0.29, 0.717) is 6.61 Å². The first-order chi connectivity index (χ1) is 13.8. The molecule has 0 aliphatic heterocycles. The van der Waals surface area contributed by atoms with Gasteiger partial charge in [0.25, 0.3) is 11.6 Å². The number of sulfone groups is 1. The lowest BCUT2D eigenvalue weighted by atomic mass is 10.2. The summed E-state index contributed by atoms with van der Waals surface area (Å²) >= 11 is 0. The van der Waals surface area contributed by atoms with Crippen LogP contribution in [0.15, 0.2) is 75.1 Å². The molecule has 1 heterocycles. The van der Waals surface area contributed by atoms with Crippen molar-refractivity contribution in [3.8, 4) is 5.75 Å². The number of hydrogen-bond acceptors (Lipinski definition) is 7. The molecule has 0 saturated heterocycles. The van der Waals surface area contributed by atoms with Crippen LogP contribution in [0, 0.1) is 10.1 Å². The molecule has 9 nitrogen and oxygen atoms in total. The Labute approximate surface area is 166 Å². The number of nitro groups is 1. The van der Waals surface area contributed by atoms with Gasteiger partial charge in [0.05, 0.1) is 22.5 Å². The maximum Gasteiger partial charge on any atom is 0.296 e. The highest BCUT2D eigenvalue weighted by molar-refractivity contribution is 7.91. The minimum absolute atomic E-state index is 0.0171. The van der Waals surface area contributed by atoms with Crippen molar-refractivity contribution in [2.24, 2.45) is 0 Å². The topological polar surface area (TPSA) is 129 Å². The molecule has 1 aromatic heterocycles.